The molecule has 0 fully saturated rings. The summed E-state index contributed by atoms with van der Waals surface area (Å²) in [7, 11) is 4.89. The summed E-state index contributed by atoms with van der Waals surface area (Å²) < 4.78 is 32.7. The predicted octanol–water partition coefficient (Wildman–Crippen LogP) is 2.30. The molecule has 8 heteroatoms. The van der Waals surface area contributed by atoms with Crippen molar-refractivity contribution in [3.63, 3.8) is 0 Å². The monoisotopic (exact) mass is 326 g/mol. The molecule has 122 valence electrons. The van der Waals surface area contributed by atoms with Crippen LogP contribution in [-0.4, -0.2) is 60.3 Å². The van der Waals surface area contributed by atoms with E-state index in [2.05, 4.69) is 6.92 Å². The van der Waals surface area contributed by atoms with E-state index in [1.165, 1.54) is 0 Å². The average molecular weight is 327 g/mol. The molecule has 20 heavy (non-hydrogen) atoms. The molecule has 6 nitrogen and oxygen atoms in total. The molecule has 0 saturated carbocycles. The summed E-state index contributed by atoms with van der Waals surface area (Å²) in [6.45, 7) is 2.11. The van der Waals surface area contributed by atoms with E-state index in [-0.39, 0.29) is 5.54 Å². The van der Waals surface area contributed by atoms with Gasteiger partial charge in [0, 0.05) is 54.2 Å². The van der Waals surface area contributed by atoms with Gasteiger partial charge in [0.1, 0.15) is 0 Å². The van der Waals surface area contributed by atoms with E-state index in [1.54, 1.807) is 42.7 Å². The first-order chi connectivity index (χ1) is 9.49. The van der Waals surface area contributed by atoms with Gasteiger partial charge in [-0.05, 0) is 12.8 Å². The van der Waals surface area contributed by atoms with Gasteiger partial charge in [0.05, 0.1) is 0 Å². The maximum atomic E-state index is 5.49. The van der Waals surface area contributed by atoms with Crippen molar-refractivity contribution in [3.8, 4) is 0 Å². The van der Waals surface area contributed by atoms with Crippen molar-refractivity contribution >= 4 is 17.6 Å². The van der Waals surface area contributed by atoms with Gasteiger partial charge in [0.15, 0.2) is 0 Å². The molecule has 0 saturated heterocycles. The van der Waals surface area contributed by atoms with Gasteiger partial charge in [-0.1, -0.05) is 13.3 Å². The molecule has 0 heterocycles. The molecule has 0 aromatic heterocycles. The molecule has 0 N–H and O–H groups in total. The fraction of sp³-hybridized carbons (Fsp3) is 1.00. The minimum absolute atomic E-state index is 0.256. The molecular formula is C12H30O6Si2. The first-order valence-electron chi connectivity index (χ1n) is 6.80. The van der Waals surface area contributed by atoms with E-state index in [9.17, 15) is 0 Å². The van der Waals surface area contributed by atoms with Crippen LogP contribution < -0.4 is 0 Å². The number of unbranched alkanes of at least 4 members (excludes halogenated alkanes) is 1. The maximum Gasteiger partial charge on any atom is 0.503 e. The van der Waals surface area contributed by atoms with Crippen LogP contribution in [0.4, 0.5) is 0 Å². The SMILES string of the molecule is CO[Si](CCCCC(C)[Si](OC)(OC)OC)(OC)OC. The predicted molar refractivity (Wildman–Crippen MR) is 81.6 cm³/mol. The molecule has 0 aromatic rings. The lowest BCUT2D eigenvalue weighted by Gasteiger charge is -2.30. The third-order valence-corrected chi connectivity index (χ3v) is 9.80. The Kier molecular flexibility index (Phi) is 10.1. The van der Waals surface area contributed by atoms with Crippen LogP contribution in [-0.2, 0) is 26.6 Å². The molecule has 0 radical (unpaired) electrons. The summed E-state index contributed by atoms with van der Waals surface area (Å²) >= 11 is 0. The average Bonchev–Trinajstić information content (AvgIpc) is 2.50. The summed E-state index contributed by atoms with van der Waals surface area (Å²) in [6, 6.07) is 0.810. The van der Waals surface area contributed by atoms with Crippen molar-refractivity contribution < 1.29 is 26.6 Å². The van der Waals surface area contributed by atoms with E-state index in [4.69, 9.17) is 26.6 Å². The molecule has 0 aliphatic heterocycles. The molecule has 1 atom stereocenters. The minimum Gasteiger partial charge on any atom is -0.377 e. The van der Waals surface area contributed by atoms with Crippen molar-refractivity contribution in [2.75, 3.05) is 42.7 Å². The third kappa shape index (κ3) is 5.19. The molecule has 0 bridgehead atoms. The van der Waals surface area contributed by atoms with Crippen LogP contribution in [0, 0.1) is 0 Å². The van der Waals surface area contributed by atoms with Crippen molar-refractivity contribution in [3.05, 3.63) is 0 Å². The highest BCUT2D eigenvalue weighted by molar-refractivity contribution is 6.62. The van der Waals surface area contributed by atoms with Crippen molar-refractivity contribution in [2.45, 2.75) is 37.8 Å². The fourth-order valence-corrected chi connectivity index (χ4v) is 6.44. The zero-order valence-corrected chi connectivity index (χ0v) is 15.9. The highest BCUT2D eigenvalue weighted by Gasteiger charge is 2.44. The molecule has 0 aliphatic carbocycles. The second-order valence-electron chi connectivity index (χ2n) is 4.66. The molecule has 0 aromatic carbocycles. The quantitative estimate of drug-likeness (QED) is 0.405. The van der Waals surface area contributed by atoms with Gasteiger partial charge in [0.25, 0.3) is 0 Å². The molecule has 0 aliphatic rings. The van der Waals surface area contributed by atoms with Gasteiger partial charge in [0.2, 0.25) is 0 Å². The second-order valence-corrected chi connectivity index (χ2v) is 11.2. The standard InChI is InChI=1S/C12H30O6Si2/c1-12(20(16-5,17-6)18-7)10-8-9-11-19(13-2,14-3)15-4/h12H,8-11H2,1-7H3. The van der Waals surface area contributed by atoms with Gasteiger partial charge in [-0.25, -0.2) is 0 Å². The van der Waals surface area contributed by atoms with Crippen LogP contribution in [0.25, 0.3) is 0 Å². The van der Waals surface area contributed by atoms with Crippen LogP contribution >= 0.6 is 0 Å². The lowest BCUT2D eigenvalue weighted by molar-refractivity contribution is 0.111. The van der Waals surface area contributed by atoms with Gasteiger partial charge in [-0.2, -0.15) is 0 Å². The van der Waals surface area contributed by atoms with E-state index in [1.807, 2.05) is 0 Å². The highest BCUT2D eigenvalue weighted by Crippen LogP contribution is 2.29. The Morgan fingerprint density at radius 3 is 1.50 bits per heavy atom. The molecule has 1 unspecified atom stereocenters. The van der Waals surface area contributed by atoms with E-state index < -0.39 is 17.6 Å². The molecule has 0 amide bonds. The molecular weight excluding hydrogens is 296 g/mol. The lowest BCUT2D eigenvalue weighted by Crippen LogP contribution is -2.46. The fourth-order valence-electron chi connectivity index (χ4n) is 2.38. The molecule has 0 spiro atoms. The van der Waals surface area contributed by atoms with E-state index in [0.29, 0.717) is 0 Å². The largest absolute Gasteiger partial charge is 0.503 e. The van der Waals surface area contributed by atoms with Gasteiger partial charge in [-0.15, -0.1) is 0 Å². The first kappa shape index (κ1) is 20.2. The highest BCUT2D eigenvalue weighted by atomic mass is 28.4. The topological polar surface area (TPSA) is 55.4 Å². The van der Waals surface area contributed by atoms with Crippen molar-refractivity contribution in [1.29, 1.82) is 0 Å². The van der Waals surface area contributed by atoms with E-state index >= 15 is 0 Å². The third-order valence-electron chi connectivity index (χ3n) is 3.76. The maximum absolute atomic E-state index is 5.49. The van der Waals surface area contributed by atoms with E-state index in [0.717, 1.165) is 25.3 Å². The Balaban J connectivity index is 4.24. The number of rotatable bonds is 12. The summed E-state index contributed by atoms with van der Waals surface area (Å²) in [4.78, 5) is 0. The number of hydrogen-bond donors (Lipinski definition) is 0. The van der Waals surface area contributed by atoms with Gasteiger partial charge >= 0.3 is 17.6 Å². The van der Waals surface area contributed by atoms with Crippen LogP contribution in [0.15, 0.2) is 0 Å². The first-order valence-corrected chi connectivity index (χ1v) is 10.5. The lowest BCUT2D eigenvalue weighted by atomic mass is 10.2. The summed E-state index contributed by atoms with van der Waals surface area (Å²) in [5.41, 5.74) is 0.256. The van der Waals surface area contributed by atoms with Crippen molar-refractivity contribution in [2.24, 2.45) is 0 Å². The van der Waals surface area contributed by atoms with Crippen LogP contribution in [0.5, 0.6) is 0 Å². The Bertz CT molecular complexity index is 230. The van der Waals surface area contributed by atoms with Crippen molar-refractivity contribution in [1.82, 2.24) is 0 Å². The van der Waals surface area contributed by atoms with Gasteiger partial charge in [-0.3, -0.25) is 0 Å². The zero-order chi connectivity index (χ0) is 15.6. The van der Waals surface area contributed by atoms with Crippen LogP contribution in [0.3, 0.4) is 0 Å². The summed E-state index contributed by atoms with van der Waals surface area (Å²) in [5.74, 6) is 0. The second kappa shape index (κ2) is 10.0. The zero-order valence-electron chi connectivity index (χ0n) is 13.9. The normalized spacial score (nSPS) is 14.6. The Labute approximate surface area is 125 Å². The number of hydrogen-bond acceptors (Lipinski definition) is 6. The summed E-state index contributed by atoms with van der Waals surface area (Å²) in [6.07, 6.45) is 2.98. The molecule has 0 rings (SSSR count). The Hall–Kier alpha value is 0.194. The Morgan fingerprint density at radius 1 is 0.700 bits per heavy atom. The smallest absolute Gasteiger partial charge is 0.377 e. The van der Waals surface area contributed by atoms with Gasteiger partial charge < -0.3 is 26.6 Å². The minimum atomic E-state index is -2.52. The van der Waals surface area contributed by atoms with Crippen LogP contribution in [0.2, 0.25) is 11.6 Å². The summed E-state index contributed by atoms with van der Waals surface area (Å²) in [5, 5.41) is 0. The van der Waals surface area contributed by atoms with Crippen LogP contribution in [0.1, 0.15) is 26.2 Å². The Morgan fingerprint density at radius 2 is 1.15 bits per heavy atom.